The molecule has 3 rings (SSSR count). The number of imide groups is 1. The van der Waals surface area contributed by atoms with Gasteiger partial charge in [0, 0.05) is 5.56 Å². The quantitative estimate of drug-likeness (QED) is 0.804. The molecule has 2 saturated heterocycles. The smallest absolute Gasteiger partial charge is 0.323 e. The van der Waals surface area contributed by atoms with E-state index in [9.17, 15) is 18.4 Å². The average Bonchev–Trinajstić information content (AvgIpc) is 2.68. The number of carbonyl (C=O) groups excluding carboxylic acids is 2. The summed E-state index contributed by atoms with van der Waals surface area (Å²) in [4.78, 5) is 25.5. The summed E-state index contributed by atoms with van der Waals surface area (Å²) in [6.07, 6.45) is 0.999. The Morgan fingerprint density at radius 1 is 1.19 bits per heavy atom. The van der Waals surface area contributed by atoms with Gasteiger partial charge in [-0.05, 0) is 44.1 Å². The molecule has 2 aliphatic rings. The number of hydrogen-bond donors (Lipinski definition) is 2. The summed E-state index contributed by atoms with van der Waals surface area (Å²) < 4.78 is 26.8. The van der Waals surface area contributed by atoms with Crippen LogP contribution >= 0.6 is 0 Å². The van der Waals surface area contributed by atoms with Crippen LogP contribution in [0.2, 0.25) is 0 Å². The van der Waals surface area contributed by atoms with Crippen LogP contribution in [0.1, 0.15) is 18.4 Å². The van der Waals surface area contributed by atoms with Crippen molar-refractivity contribution in [3.05, 3.63) is 35.4 Å². The lowest BCUT2D eigenvalue weighted by Crippen LogP contribution is -2.53. The van der Waals surface area contributed by atoms with Gasteiger partial charge in [-0.2, -0.15) is 0 Å². The Morgan fingerprint density at radius 3 is 2.62 bits per heavy atom. The molecule has 0 atom stereocenters. The van der Waals surface area contributed by atoms with Crippen LogP contribution in [-0.4, -0.2) is 35.5 Å². The van der Waals surface area contributed by atoms with Crippen LogP contribution in [0, 0.1) is 11.6 Å². The van der Waals surface area contributed by atoms with Gasteiger partial charge in [0.2, 0.25) is 0 Å². The lowest BCUT2D eigenvalue weighted by molar-refractivity contribution is -0.132. The number of amides is 3. The van der Waals surface area contributed by atoms with Crippen molar-refractivity contribution < 1.29 is 18.4 Å². The predicted octanol–water partition coefficient (Wildman–Crippen LogP) is 1.14. The Labute approximate surface area is 120 Å². The van der Waals surface area contributed by atoms with E-state index in [0.29, 0.717) is 25.9 Å². The highest BCUT2D eigenvalue weighted by molar-refractivity contribution is 6.07. The number of hydrogen-bond acceptors (Lipinski definition) is 3. The Balaban J connectivity index is 1.84. The molecule has 0 aliphatic carbocycles. The van der Waals surface area contributed by atoms with Crippen LogP contribution in [-0.2, 0) is 11.3 Å². The zero-order valence-electron chi connectivity index (χ0n) is 11.3. The molecule has 7 heteroatoms. The Bertz CT molecular complexity index is 600. The van der Waals surface area contributed by atoms with Crippen molar-refractivity contribution in [1.82, 2.24) is 15.5 Å². The van der Waals surface area contributed by atoms with Gasteiger partial charge in [0.15, 0.2) is 0 Å². The van der Waals surface area contributed by atoms with Crippen LogP contribution < -0.4 is 10.6 Å². The largest absolute Gasteiger partial charge is 0.325 e. The van der Waals surface area contributed by atoms with Gasteiger partial charge in [-0.15, -0.1) is 0 Å². The summed E-state index contributed by atoms with van der Waals surface area (Å²) in [5.41, 5.74) is -0.906. The van der Waals surface area contributed by atoms with Crippen molar-refractivity contribution in [2.75, 3.05) is 13.1 Å². The van der Waals surface area contributed by atoms with E-state index < -0.39 is 23.2 Å². The Hall–Kier alpha value is -2.02. The summed E-state index contributed by atoms with van der Waals surface area (Å²) >= 11 is 0. The highest BCUT2D eigenvalue weighted by atomic mass is 19.1. The first kappa shape index (κ1) is 13.9. The number of carbonyl (C=O) groups is 2. The molecule has 0 bridgehead atoms. The number of nitrogens with one attached hydrogen (secondary N) is 2. The van der Waals surface area contributed by atoms with Crippen molar-refractivity contribution >= 4 is 11.9 Å². The third kappa shape index (κ3) is 2.37. The topological polar surface area (TPSA) is 61.4 Å². The van der Waals surface area contributed by atoms with Gasteiger partial charge < -0.3 is 10.6 Å². The molecular formula is C14H15F2N3O2. The fourth-order valence-corrected chi connectivity index (χ4v) is 2.85. The van der Waals surface area contributed by atoms with Gasteiger partial charge in [0.25, 0.3) is 5.91 Å². The monoisotopic (exact) mass is 295 g/mol. The summed E-state index contributed by atoms with van der Waals surface area (Å²) in [5.74, 6) is -1.60. The zero-order chi connectivity index (χ0) is 15.0. The summed E-state index contributed by atoms with van der Waals surface area (Å²) in [5, 5.41) is 5.83. The lowest BCUT2D eigenvalue weighted by Gasteiger charge is -2.31. The van der Waals surface area contributed by atoms with E-state index >= 15 is 0 Å². The van der Waals surface area contributed by atoms with Crippen LogP contribution in [0.5, 0.6) is 0 Å². The molecule has 2 N–H and O–H groups in total. The van der Waals surface area contributed by atoms with E-state index in [4.69, 9.17) is 0 Å². The van der Waals surface area contributed by atoms with Gasteiger partial charge in [0.05, 0.1) is 6.54 Å². The first-order valence-electron chi connectivity index (χ1n) is 6.81. The molecule has 21 heavy (non-hydrogen) atoms. The number of benzene rings is 1. The normalized spacial score (nSPS) is 21.0. The van der Waals surface area contributed by atoms with E-state index in [1.54, 1.807) is 0 Å². The standard InChI is InChI=1S/C14H15F2N3O2/c15-10-1-2-11(16)9(7-10)8-19-12(20)14(18-13(19)21)3-5-17-6-4-14/h1-2,7,17H,3-6,8H2,(H,18,21). The minimum Gasteiger partial charge on any atom is -0.323 e. The molecule has 0 saturated carbocycles. The first-order chi connectivity index (χ1) is 10.0. The third-order valence-corrected chi connectivity index (χ3v) is 4.04. The second kappa shape index (κ2) is 5.07. The van der Waals surface area contributed by atoms with Gasteiger partial charge in [-0.1, -0.05) is 0 Å². The summed E-state index contributed by atoms with van der Waals surface area (Å²) in [7, 11) is 0. The molecule has 0 aromatic heterocycles. The van der Waals surface area contributed by atoms with Gasteiger partial charge >= 0.3 is 6.03 Å². The maximum Gasteiger partial charge on any atom is 0.325 e. The second-order valence-electron chi connectivity index (χ2n) is 5.39. The second-order valence-corrected chi connectivity index (χ2v) is 5.39. The summed E-state index contributed by atoms with van der Waals surface area (Å²) in [6.45, 7) is 1.01. The van der Waals surface area contributed by atoms with Crippen molar-refractivity contribution in [2.24, 2.45) is 0 Å². The molecule has 2 fully saturated rings. The zero-order valence-corrected chi connectivity index (χ0v) is 11.3. The molecule has 0 radical (unpaired) electrons. The molecule has 2 heterocycles. The van der Waals surface area contributed by atoms with Crippen LogP contribution in [0.15, 0.2) is 18.2 Å². The number of rotatable bonds is 2. The number of piperidine rings is 1. The molecule has 3 amide bonds. The van der Waals surface area contributed by atoms with Crippen molar-refractivity contribution in [3.8, 4) is 0 Å². The third-order valence-electron chi connectivity index (χ3n) is 4.04. The van der Waals surface area contributed by atoms with Crippen LogP contribution in [0.25, 0.3) is 0 Å². The number of halogens is 2. The molecule has 112 valence electrons. The van der Waals surface area contributed by atoms with Crippen molar-refractivity contribution in [1.29, 1.82) is 0 Å². The lowest BCUT2D eigenvalue weighted by atomic mass is 9.88. The van der Waals surface area contributed by atoms with Crippen molar-refractivity contribution in [3.63, 3.8) is 0 Å². The molecule has 1 spiro atoms. The van der Waals surface area contributed by atoms with Gasteiger partial charge in [-0.3, -0.25) is 9.69 Å². The van der Waals surface area contributed by atoms with E-state index in [1.807, 2.05) is 0 Å². The highest BCUT2D eigenvalue weighted by Gasteiger charge is 2.51. The van der Waals surface area contributed by atoms with E-state index in [0.717, 1.165) is 23.1 Å². The minimum absolute atomic E-state index is 0.00974. The molecule has 1 aromatic carbocycles. The SMILES string of the molecule is O=C1NC2(CCNCC2)C(=O)N1Cc1cc(F)ccc1F. The maximum atomic E-state index is 13.7. The van der Waals surface area contributed by atoms with Gasteiger partial charge in [-0.25, -0.2) is 13.6 Å². The van der Waals surface area contributed by atoms with Crippen LogP contribution in [0.3, 0.4) is 0 Å². The highest BCUT2D eigenvalue weighted by Crippen LogP contribution is 2.28. The Kier molecular flexibility index (Phi) is 3.36. The molecule has 1 aromatic rings. The van der Waals surface area contributed by atoms with Crippen molar-refractivity contribution in [2.45, 2.75) is 24.9 Å². The van der Waals surface area contributed by atoms with E-state index in [2.05, 4.69) is 10.6 Å². The minimum atomic E-state index is -0.897. The van der Waals surface area contributed by atoms with Gasteiger partial charge in [0.1, 0.15) is 17.2 Å². The van der Waals surface area contributed by atoms with Crippen LogP contribution in [0.4, 0.5) is 13.6 Å². The Morgan fingerprint density at radius 2 is 1.90 bits per heavy atom. The molecular weight excluding hydrogens is 280 g/mol. The molecule has 2 aliphatic heterocycles. The predicted molar refractivity (Wildman–Crippen MR) is 70.3 cm³/mol. The van der Waals surface area contributed by atoms with E-state index in [1.165, 1.54) is 0 Å². The fraction of sp³-hybridized carbons (Fsp3) is 0.429. The fourth-order valence-electron chi connectivity index (χ4n) is 2.85. The number of nitrogens with zero attached hydrogens (tertiary/aromatic N) is 1. The average molecular weight is 295 g/mol. The molecule has 5 nitrogen and oxygen atoms in total. The molecule has 0 unspecified atom stereocenters. The first-order valence-corrected chi connectivity index (χ1v) is 6.81. The number of urea groups is 1. The summed E-state index contributed by atoms with van der Waals surface area (Å²) in [6, 6.07) is 2.44. The van der Waals surface area contributed by atoms with E-state index in [-0.39, 0.29) is 18.0 Å². The maximum absolute atomic E-state index is 13.7.